The maximum atomic E-state index is 12.6. The van der Waals surface area contributed by atoms with Crippen LogP contribution in [0.5, 0.6) is 11.5 Å². The molecule has 2 rings (SSSR count). The Morgan fingerprint density at radius 3 is 1.25 bits per heavy atom. The minimum Gasteiger partial charge on any atom is -0.465 e. The highest BCUT2D eigenvalue weighted by molar-refractivity contribution is 7.34. The predicted molar refractivity (Wildman–Crippen MR) is 107 cm³/mol. The van der Waals surface area contributed by atoms with Crippen molar-refractivity contribution >= 4 is 32.1 Å². The van der Waals surface area contributed by atoms with Gasteiger partial charge in [0, 0.05) is 16.7 Å². The van der Waals surface area contributed by atoms with E-state index < -0.39 is 32.1 Å². The van der Waals surface area contributed by atoms with E-state index in [1.807, 2.05) is 0 Å². The molecule has 0 heterocycles. The van der Waals surface area contributed by atoms with Crippen LogP contribution in [0.2, 0.25) is 0 Å². The van der Waals surface area contributed by atoms with Crippen LogP contribution in [0.4, 0.5) is 0 Å². The van der Waals surface area contributed by atoms with E-state index in [0.717, 1.165) is 40.6 Å². The molecule has 0 bridgehead atoms. The molecule has 0 aliphatic carbocycles. The Morgan fingerprint density at radius 1 is 0.594 bits per heavy atom. The number of hydrogen-bond donors (Lipinski definition) is 0. The van der Waals surface area contributed by atoms with Crippen molar-refractivity contribution in [2.75, 3.05) is 28.4 Å². The van der Waals surface area contributed by atoms with Gasteiger partial charge in [0.25, 0.3) is 0 Å². The molecule has 0 saturated heterocycles. The number of ether oxygens (including phenoxy) is 4. The van der Waals surface area contributed by atoms with Crippen LogP contribution in [-0.4, -0.2) is 52.3 Å². The first-order valence-corrected chi connectivity index (χ1v) is 9.79. The second kappa shape index (κ2) is 10.9. The minimum absolute atomic E-state index is 0.00138. The van der Waals surface area contributed by atoms with Gasteiger partial charge in [-0.25, -0.2) is 28.2 Å². The molecule has 11 nitrogen and oxygen atoms in total. The van der Waals surface area contributed by atoms with Crippen LogP contribution < -0.4 is 9.05 Å². The van der Waals surface area contributed by atoms with Gasteiger partial charge in [0.05, 0.1) is 39.6 Å². The topological polar surface area (TPSA) is 141 Å². The molecule has 0 spiro atoms. The van der Waals surface area contributed by atoms with Crippen LogP contribution in [-0.2, 0) is 23.5 Å². The average Bonchev–Trinajstić information content (AvgIpc) is 2.81. The van der Waals surface area contributed by atoms with E-state index in [1.54, 1.807) is 0 Å². The Morgan fingerprint density at radius 2 is 0.938 bits per heavy atom. The normalized spacial score (nSPS) is 9.88. The number of esters is 4. The summed E-state index contributed by atoms with van der Waals surface area (Å²) in [6.45, 7) is 0. The molecule has 2 aromatic carbocycles. The molecule has 0 atom stereocenters. The summed E-state index contributed by atoms with van der Waals surface area (Å²) in [6, 6.07) is 7.23. The fraction of sp³-hybridized carbons (Fsp3) is 0.200. The summed E-state index contributed by atoms with van der Waals surface area (Å²) >= 11 is 0. The Bertz CT molecular complexity index is 994. The standard InChI is InChI=1S/C20H18O11P/c1-26-17(21)11-5-7-13(19(23)28-3)15(9-11)30-32(25)31-16-10-12(18(22)27-2)6-8-14(16)20(24)29-4/h5-10H,1-4H3/q+1. The molecule has 0 N–H and O–H groups in total. The summed E-state index contributed by atoms with van der Waals surface area (Å²) in [7, 11) is 1.49. The molecule has 0 radical (unpaired) electrons. The lowest BCUT2D eigenvalue weighted by molar-refractivity contribution is 0.0584. The Labute approximate surface area is 183 Å². The summed E-state index contributed by atoms with van der Waals surface area (Å²) in [5.74, 6) is -3.73. The van der Waals surface area contributed by atoms with Gasteiger partial charge in [0.2, 0.25) is 11.5 Å². The van der Waals surface area contributed by atoms with E-state index in [4.69, 9.17) is 9.05 Å². The van der Waals surface area contributed by atoms with Crippen molar-refractivity contribution in [2.45, 2.75) is 0 Å². The highest BCUT2D eigenvalue weighted by Gasteiger charge is 2.32. The van der Waals surface area contributed by atoms with Crippen LogP contribution in [0.1, 0.15) is 41.4 Å². The average molecular weight is 465 g/mol. The Hall–Kier alpha value is -3.98. The molecule has 0 fully saturated rings. The summed E-state index contributed by atoms with van der Waals surface area (Å²) < 4.78 is 41.5. The van der Waals surface area contributed by atoms with Gasteiger partial charge in [-0.2, -0.15) is 0 Å². The van der Waals surface area contributed by atoms with E-state index in [9.17, 15) is 23.7 Å². The second-order valence-electron chi connectivity index (χ2n) is 5.79. The SMILES string of the molecule is COC(=O)c1ccc(C(=O)OC)c(O[P+](=O)Oc2cc(C(=O)OC)ccc2C(=O)OC)c1. The van der Waals surface area contributed by atoms with Gasteiger partial charge < -0.3 is 18.9 Å². The smallest absolute Gasteiger partial charge is 0.465 e. The first-order chi connectivity index (χ1) is 15.2. The van der Waals surface area contributed by atoms with Gasteiger partial charge in [0.15, 0.2) is 0 Å². The molecule has 0 amide bonds. The highest BCUT2D eigenvalue weighted by atomic mass is 31.1. The van der Waals surface area contributed by atoms with Crippen molar-refractivity contribution in [3.05, 3.63) is 58.7 Å². The lowest BCUT2D eigenvalue weighted by Crippen LogP contribution is -2.09. The summed E-state index contributed by atoms with van der Waals surface area (Å²) in [5.41, 5.74) is -0.296. The molecule has 2 aromatic rings. The zero-order chi connectivity index (χ0) is 23.8. The third kappa shape index (κ3) is 5.58. The van der Waals surface area contributed by atoms with Crippen molar-refractivity contribution in [3.8, 4) is 11.5 Å². The van der Waals surface area contributed by atoms with Gasteiger partial charge in [-0.05, 0) is 24.3 Å². The van der Waals surface area contributed by atoms with Gasteiger partial charge in [-0.3, -0.25) is 0 Å². The van der Waals surface area contributed by atoms with E-state index in [0.29, 0.717) is 0 Å². The van der Waals surface area contributed by atoms with Crippen LogP contribution in [0.25, 0.3) is 0 Å². The number of rotatable bonds is 8. The molecule has 168 valence electrons. The molecule has 32 heavy (non-hydrogen) atoms. The van der Waals surface area contributed by atoms with Crippen molar-refractivity contribution in [1.82, 2.24) is 0 Å². The van der Waals surface area contributed by atoms with Gasteiger partial charge in [0.1, 0.15) is 11.1 Å². The molecule has 0 saturated carbocycles. The predicted octanol–water partition coefficient (Wildman–Crippen LogP) is 2.95. The van der Waals surface area contributed by atoms with Crippen molar-refractivity contribution in [1.29, 1.82) is 0 Å². The van der Waals surface area contributed by atoms with E-state index in [1.165, 1.54) is 24.3 Å². The summed E-state index contributed by atoms with van der Waals surface area (Å²) in [4.78, 5) is 47.6. The lowest BCUT2D eigenvalue weighted by Gasteiger charge is -2.07. The first kappa shape index (κ1) is 24.3. The third-order valence-electron chi connectivity index (χ3n) is 3.96. The molecule has 0 aliphatic heterocycles. The molecule has 0 aromatic heterocycles. The van der Waals surface area contributed by atoms with Crippen molar-refractivity contribution < 1.29 is 51.7 Å². The maximum Gasteiger partial charge on any atom is 0.805 e. The van der Waals surface area contributed by atoms with Crippen LogP contribution >= 0.6 is 8.25 Å². The van der Waals surface area contributed by atoms with E-state index in [2.05, 4.69) is 18.9 Å². The Kier molecular flexibility index (Phi) is 8.25. The summed E-state index contributed by atoms with van der Waals surface area (Å²) in [6.07, 6.45) is 0. The first-order valence-electron chi connectivity index (χ1n) is 8.70. The Balaban J connectivity index is 2.41. The second-order valence-corrected chi connectivity index (χ2v) is 6.61. The van der Waals surface area contributed by atoms with E-state index >= 15 is 0 Å². The fourth-order valence-corrected chi connectivity index (χ4v) is 3.08. The van der Waals surface area contributed by atoms with Gasteiger partial charge in [-0.15, -0.1) is 0 Å². The van der Waals surface area contributed by atoms with Gasteiger partial charge >= 0.3 is 32.1 Å². The fourth-order valence-electron chi connectivity index (χ4n) is 2.42. The summed E-state index contributed by atoms with van der Waals surface area (Å²) in [5, 5.41) is 0. The number of benzene rings is 2. The minimum atomic E-state index is -3.07. The molecular formula is C20H18O11P+. The van der Waals surface area contributed by atoms with Crippen LogP contribution in [0, 0.1) is 0 Å². The molecule has 12 heteroatoms. The number of carbonyl (C=O) groups excluding carboxylic acids is 4. The third-order valence-corrected chi connectivity index (χ3v) is 4.65. The monoisotopic (exact) mass is 465 g/mol. The quantitative estimate of drug-likeness (QED) is 0.323. The number of carbonyl (C=O) groups is 4. The number of methoxy groups -OCH3 is 4. The van der Waals surface area contributed by atoms with E-state index in [-0.39, 0.29) is 33.8 Å². The van der Waals surface area contributed by atoms with Crippen molar-refractivity contribution in [2.24, 2.45) is 0 Å². The zero-order valence-corrected chi connectivity index (χ0v) is 18.3. The maximum absolute atomic E-state index is 12.6. The molecule has 0 unspecified atom stereocenters. The largest absolute Gasteiger partial charge is 0.805 e. The molecule has 0 aliphatic rings. The number of hydrogen-bond acceptors (Lipinski definition) is 11. The van der Waals surface area contributed by atoms with Crippen LogP contribution in [0.15, 0.2) is 36.4 Å². The zero-order valence-electron chi connectivity index (χ0n) is 17.4. The highest BCUT2D eigenvalue weighted by Crippen LogP contribution is 2.36. The lowest BCUT2D eigenvalue weighted by atomic mass is 10.1. The van der Waals surface area contributed by atoms with Crippen molar-refractivity contribution in [3.63, 3.8) is 0 Å². The van der Waals surface area contributed by atoms with Crippen LogP contribution in [0.3, 0.4) is 0 Å². The molecular weight excluding hydrogens is 447 g/mol. The van der Waals surface area contributed by atoms with Gasteiger partial charge in [-0.1, -0.05) is 0 Å².